The number of nitrogens with zero attached hydrogens (tertiary/aromatic N) is 1. The Labute approximate surface area is 82.9 Å². The standard InChI is InChI=1S/C9H15N3O2/c1-3-10-4-5-11-9(13)8-7(2)12-6-14-8/h6,10H,3-5H2,1-2H3,(H,11,13). The normalized spacial score (nSPS) is 10.1. The number of carbonyl (C=O) groups excluding carboxylic acids is 1. The first-order valence-corrected chi connectivity index (χ1v) is 4.64. The summed E-state index contributed by atoms with van der Waals surface area (Å²) in [6.07, 6.45) is 1.27. The lowest BCUT2D eigenvalue weighted by molar-refractivity contribution is 0.0925. The van der Waals surface area contributed by atoms with Gasteiger partial charge in [-0.25, -0.2) is 4.98 Å². The Morgan fingerprint density at radius 3 is 2.93 bits per heavy atom. The van der Waals surface area contributed by atoms with Gasteiger partial charge in [-0.1, -0.05) is 6.92 Å². The van der Waals surface area contributed by atoms with E-state index in [1.807, 2.05) is 6.92 Å². The minimum atomic E-state index is -0.210. The Morgan fingerprint density at radius 2 is 2.36 bits per heavy atom. The summed E-state index contributed by atoms with van der Waals surface area (Å²) < 4.78 is 4.94. The van der Waals surface area contributed by atoms with Crippen LogP contribution in [0.25, 0.3) is 0 Å². The maximum Gasteiger partial charge on any atom is 0.289 e. The molecule has 14 heavy (non-hydrogen) atoms. The van der Waals surface area contributed by atoms with Gasteiger partial charge in [0.2, 0.25) is 5.76 Å². The predicted octanol–water partition coefficient (Wildman–Crippen LogP) is 0.322. The molecule has 0 bridgehead atoms. The van der Waals surface area contributed by atoms with Crippen molar-refractivity contribution >= 4 is 5.91 Å². The lowest BCUT2D eigenvalue weighted by Crippen LogP contribution is -2.31. The monoisotopic (exact) mass is 197 g/mol. The first-order valence-electron chi connectivity index (χ1n) is 4.64. The molecule has 5 heteroatoms. The van der Waals surface area contributed by atoms with Gasteiger partial charge >= 0.3 is 0 Å². The maximum atomic E-state index is 11.4. The van der Waals surface area contributed by atoms with Gasteiger partial charge in [0.05, 0.1) is 5.69 Å². The van der Waals surface area contributed by atoms with Gasteiger partial charge in [0, 0.05) is 13.1 Å². The zero-order chi connectivity index (χ0) is 10.4. The third-order valence-corrected chi connectivity index (χ3v) is 1.79. The van der Waals surface area contributed by atoms with Crippen molar-refractivity contribution in [2.24, 2.45) is 0 Å². The number of oxazole rings is 1. The summed E-state index contributed by atoms with van der Waals surface area (Å²) in [6, 6.07) is 0. The molecule has 1 aromatic rings. The second-order valence-corrected chi connectivity index (χ2v) is 2.88. The van der Waals surface area contributed by atoms with E-state index in [1.54, 1.807) is 6.92 Å². The van der Waals surface area contributed by atoms with Crippen molar-refractivity contribution in [3.8, 4) is 0 Å². The van der Waals surface area contributed by atoms with Crippen LogP contribution in [0.3, 0.4) is 0 Å². The molecule has 0 aliphatic carbocycles. The number of aryl methyl sites for hydroxylation is 1. The van der Waals surface area contributed by atoms with Crippen molar-refractivity contribution in [2.75, 3.05) is 19.6 Å². The largest absolute Gasteiger partial charge is 0.438 e. The van der Waals surface area contributed by atoms with Gasteiger partial charge in [-0.3, -0.25) is 4.79 Å². The number of amides is 1. The van der Waals surface area contributed by atoms with Crippen LogP contribution in [0.5, 0.6) is 0 Å². The van der Waals surface area contributed by atoms with E-state index in [0.29, 0.717) is 18.0 Å². The maximum absolute atomic E-state index is 11.4. The van der Waals surface area contributed by atoms with Gasteiger partial charge in [0.15, 0.2) is 6.39 Å². The number of likely N-dealkylation sites (N-methyl/N-ethyl adjacent to an activating group) is 1. The Kier molecular flexibility index (Phi) is 4.12. The molecule has 78 valence electrons. The lowest BCUT2D eigenvalue weighted by atomic mass is 10.3. The highest BCUT2D eigenvalue weighted by Gasteiger charge is 2.12. The Morgan fingerprint density at radius 1 is 1.57 bits per heavy atom. The van der Waals surface area contributed by atoms with Crippen molar-refractivity contribution in [1.29, 1.82) is 0 Å². The van der Waals surface area contributed by atoms with E-state index >= 15 is 0 Å². The Balaban J connectivity index is 2.32. The molecule has 0 fully saturated rings. The average Bonchev–Trinajstić information content (AvgIpc) is 2.59. The minimum Gasteiger partial charge on any atom is -0.438 e. The van der Waals surface area contributed by atoms with E-state index in [4.69, 9.17) is 4.42 Å². The van der Waals surface area contributed by atoms with Crippen molar-refractivity contribution in [2.45, 2.75) is 13.8 Å². The van der Waals surface area contributed by atoms with Crippen LogP contribution in [0, 0.1) is 6.92 Å². The third-order valence-electron chi connectivity index (χ3n) is 1.79. The molecule has 0 atom stereocenters. The number of hydrogen-bond acceptors (Lipinski definition) is 4. The predicted molar refractivity (Wildman–Crippen MR) is 52.1 cm³/mol. The summed E-state index contributed by atoms with van der Waals surface area (Å²) in [6.45, 7) is 6.00. The van der Waals surface area contributed by atoms with Crippen molar-refractivity contribution in [3.05, 3.63) is 17.8 Å². The summed E-state index contributed by atoms with van der Waals surface area (Å²) in [4.78, 5) is 15.3. The number of aromatic nitrogens is 1. The van der Waals surface area contributed by atoms with Crippen molar-refractivity contribution in [1.82, 2.24) is 15.6 Å². The lowest BCUT2D eigenvalue weighted by Gasteiger charge is -2.03. The van der Waals surface area contributed by atoms with E-state index in [9.17, 15) is 4.79 Å². The molecule has 0 saturated carbocycles. The highest BCUT2D eigenvalue weighted by Crippen LogP contribution is 2.03. The number of hydrogen-bond donors (Lipinski definition) is 2. The Bertz CT molecular complexity index is 296. The van der Waals surface area contributed by atoms with Gasteiger partial charge < -0.3 is 15.1 Å². The van der Waals surface area contributed by atoms with E-state index in [-0.39, 0.29) is 5.91 Å². The highest BCUT2D eigenvalue weighted by molar-refractivity contribution is 5.92. The van der Waals surface area contributed by atoms with Gasteiger partial charge in [-0.2, -0.15) is 0 Å². The molecule has 0 spiro atoms. The van der Waals surface area contributed by atoms with E-state index in [0.717, 1.165) is 13.1 Å². The topological polar surface area (TPSA) is 67.2 Å². The van der Waals surface area contributed by atoms with Crippen LogP contribution in [0.2, 0.25) is 0 Å². The highest BCUT2D eigenvalue weighted by atomic mass is 16.3. The molecule has 2 N–H and O–H groups in total. The zero-order valence-electron chi connectivity index (χ0n) is 8.46. The van der Waals surface area contributed by atoms with Gasteiger partial charge in [-0.05, 0) is 13.5 Å². The molecular formula is C9H15N3O2. The number of nitrogens with one attached hydrogen (secondary N) is 2. The summed E-state index contributed by atoms with van der Waals surface area (Å²) in [7, 11) is 0. The molecular weight excluding hydrogens is 182 g/mol. The first-order chi connectivity index (χ1) is 6.75. The number of rotatable bonds is 5. The van der Waals surface area contributed by atoms with Crippen LogP contribution < -0.4 is 10.6 Å². The molecule has 0 aromatic carbocycles. The van der Waals surface area contributed by atoms with Crippen LogP contribution in [-0.2, 0) is 0 Å². The molecule has 0 saturated heterocycles. The Hall–Kier alpha value is -1.36. The van der Waals surface area contributed by atoms with Gasteiger partial charge in [0.25, 0.3) is 5.91 Å². The van der Waals surface area contributed by atoms with E-state index in [2.05, 4.69) is 15.6 Å². The third kappa shape index (κ3) is 2.85. The van der Waals surface area contributed by atoms with Crippen LogP contribution in [-0.4, -0.2) is 30.5 Å². The molecule has 0 aliphatic rings. The SMILES string of the molecule is CCNCCNC(=O)c1ocnc1C. The van der Waals surface area contributed by atoms with Crippen LogP contribution in [0.1, 0.15) is 23.2 Å². The fraction of sp³-hybridized carbons (Fsp3) is 0.556. The molecule has 0 radical (unpaired) electrons. The molecule has 5 nitrogen and oxygen atoms in total. The van der Waals surface area contributed by atoms with Crippen LogP contribution in [0.4, 0.5) is 0 Å². The first kappa shape index (κ1) is 10.7. The number of carbonyl (C=O) groups is 1. The fourth-order valence-electron chi connectivity index (χ4n) is 1.04. The van der Waals surface area contributed by atoms with E-state index in [1.165, 1.54) is 6.39 Å². The summed E-state index contributed by atoms with van der Waals surface area (Å²) in [5, 5.41) is 5.83. The van der Waals surface area contributed by atoms with Crippen LogP contribution in [0.15, 0.2) is 10.8 Å². The smallest absolute Gasteiger partial charge is 0.289 e. The summed E-state index contributed by atoms with van der Waals surface area (Å²) in [5.74, 6) is 0.0828. The molecule has 1 aromatic heterocycles. The summed E-state index contributed by atoms with van der Waals surface area (Å²) in [5.41, 5.74) is 0.617. The molecule has 1 rings (SSSR count). The average molecular weight is 197 g/mol. The van der Waals surface area contributed by atoms with Gasteiger partial charge in [0.1, 0.15) is 0 Å². The second-order valence-electron chi connectivity index (χ2n) is 2.88. The summed E-state index contributed by atoms with van der Waals surface area (Å²) >= 11 is 0. The molecule has 0 aliphatic heterocycles. The second kappa shape index (κ2) is 5.39. The van der Waals surface area contributed by atoms with Crippen molar-refractivity contribution < 1.29 is 9.21 Å². The quantitative estimate of drug-likeness (QED) is 0.667. The van der Waals surface area contributed by atoms with Crippen molar-refractivity contribution in [3.63, 3.8) is 0 Å². The van der Waals surface area contributed by atoms with Gasteiger partial charge in [-0.15, -0.1) is 0 Å². The minimum absolute atomic E-state index is 0.210. The molecule has 1 amide bonds. The zero-order valence-corrected chi connectivity index (χ0v) is 8.46. The molecule has 1 heterocycles. The molecule has 0 unspecified atom stereocenters. The van der Waals surface area contributed by atoms with Crippen LogP contribution >= 0.6 is 0 Å². The fourth-order valence-corrected chi connectivity index (χ4v) is 1.04. The van der Waals surface area contributed by atoms with E-state index < -0.39 is 0 Å².